The summed E-state index contributed by atoms with van der Waals surface area (Å²) in [6, 6.07) is 14.2. The zero-order valence-corrected chi connectivity index (χ0v) is 19.9. The Bertz CT molecular complexity index is 1320. The highest BCUT2D eigenvalue weighted by molar-refractivity contribution is 7.25. The van der Waals surface area contributed by atoms with Crippen LogP contribution in [0.1, 0.15) is 49.6 Å². The number of hydrogen-bond donors (Lipinski definition) is 1. The van der Waals surface area contributed by atoms with E-state index in [2.05, 4.69) is 25.1 Å². The van der Waals surface area contributed by atoms with Crippen LogP contribution in [0.15, 0.2) is 47.3 Å². The Balaban J connectivity index is 1.62. The van der Waals surface area contributed by atoms with Gasteiger partial charge in [-0.1, -0.05) is 43.7 Å². The first-order chi connectivity index (χ1) is 16.1. The number of ether oxygens (including phenoxy) is 1. The zero-order valence-electron chi connectivity index (χ0n) is 19.0. The number of phenolic OH excluding ortho intramolecular Hbond substituents is 1. The molecule has 6 heteroatoms. The number of fused-ring (bicyclic) bond motifs is 3. The highest BCUT2D eigenvalue weighted by Crippen LogP contribution is 2.38. The van der Waals surface area contributed by atoms with Crippen molar-refractivity contribution >= 4 is 31.6 Å². The molecular weight excluding hydrogens is 432 g/mol. The van der Waals surface area contributed by atoms with Gasteiger partial charge in [0.2, 0.25) is 0 Å². The summed E-state index contributed by atoms with van der Waals surface area (Å²) in [7, 11) is 0. The average molecular weight is 463 g/mol. The van der Waals surface area contributed by atoms with Gasteiger partial charge in [0.05, 0.1) is 22.7 Å². The number of hydrogen-bond acceptors (Lipinski definition) is 5. The maximum absolute atomic E-state index is 13.9. The average Bonchev–Trinajstić information content (AvgIpc) is 3.47. The van der Waals surface area contributed by atoms with E-state index >= 15 is 0 Å². The summed E-state index contributed by atoms with van der Waals surface area (Å²) in [5.74, 6) is 1.04. The Morgan fingerprint density at radius 3 is 2.76 bits per heavy atom. The van der Waals surface area contributed by atoms with Crippen LogP contribution < -0.4 is 5.56 Å². The number of unbranched alkanes of at least 4 members (excludes halogenated alkanes) is 1. The van der Waals surface area contributed by atoms with Crippen LogP contribution in [0.5, 0.6) is 5.75 Å². The lowest BCUT2D eigenvalue weighted by Gasteiger charge is -2.16. The Morgan fingerprint density at radius 2 is 2.00 bits per heavy atom. The minimum absolute atomic E-state index is 0.0168. The molecule has 1 unspecified atom stereocenters. The van der Waals surface area contributed by atoms with Gasteiger partial charge < -0.3 is 9.84 Å². The van der Waals surface area contributed by atoms with Crippen molar-refractivity contribution in [1.29, 1.82) is 0 Å². The standard InChI is InChI=1S/C27H30N2O3S/c1-2-3-8-19-15-21-24-26(33-25(21)22(30)16-19)28-23(13-12-18-9-5-4-6-10-18)29(27(24)31)17-20-11-7-14-32-20/h4-6,9-10,15-16,20,30H,2-3,7-8,11-14,17H2,1H3. The molecule has 5 rings (SSSR count). The van der Waals surface area contributed by atoms with Gasteiger partial charge in [0.15, 0.2) is 0 Å². The van der Waals surface area contributed by atoms with Crippen molar-refractivity contribution in [3.05, 3.63) is 69.8 Å². The molecule has 1 fully saturated rings. The Morgan fingerprint density at radius 1 is 1.15 bits per heavy atom. The summed E-state index contributed by atoms with van der Waals surface area (Å²) in [5.41, 5.74) is 2.28. The Kier molecular flexibility index (Phi) is 6.47. The summed E-state index contributed by atoms with van der Waals surface area (Å²) < 4.78 is 8.45. The van der Waals surface area contributed by atoms with Gasteiger partial charge in [-0.3, -0.25) is 9.36 Å². The number of thiophene rings is 1. The fourth-order valence-electron chi connectivity index (χ4n) is 4.74. The Hall–Kier alpha value is -2.70. The molecule has 2 aromatic carbocycles. The molecule has 1 saturated heterocycles. The van der Waals surface area contributed by atoms with Crippen LogP contribution in [0.2, 0.25) is 0 Å². The fourth-order valence-corrected chi connectivity index (χ4v) is 5.82. The van der Waals surface area contributed by atoms with Crippen molar-refractivity contribution < 1.29 is 9.84 Å². The molecular formula is C27H30N2O3S. The van der Waals surface area contributed by atoms with Crippen LogP contribution in [0, 0.1) is 0 Å². The van der Waals surface area contributed by atoms with Crippen LogP contribution >= 0.6 is 11.3 Å². The van der Waals surface area contributed by atoms with E-state index in [1.54, 1.807) is 0 Å². The smallest absolute Gasteiger partial charge is 0.262 e. The highest BCUT2D eigenvalue weighted by atomic mass is 32.1. The lowest BCUT2D eigenvalue weighted by molar-refractivity contribution is 0.0952. The molecule has 1 aliphatic heterocycles. The maximum Gasteiger partial charge on any atom is 0.262 e. The second kappa shape index (κ2) is 9.65. The van der Waals surface area contributed by atoms with Gasteiger partial charge >= 0.3 is 0 Å². The summed E-state index contributed by atoms with van der Waals surface area (Å²) in [6.45, 7) is 3.44. The molecule has 1 aliphatic rings. The third-order valence-electron chi connectivity index (χ3n) is 6.52. The molecule has 172 valence electrons. The van der Waals surface area contributed by atoms with E-state index < -0.39 is 0 Å². The van der Waals surface area contributed by atoms with Gasteiger partial charge in [0.25, 0.3) is 5.56 Å². The van der Waals surface area contributed by atoms with Crippen LogP contribution in [0.3, 0.4) is 0 Å². The number of nitrogens with zero attached hydrogens (tertiary/aromatic N) is 2. The molecule has 1 N–H and O–H groups in total. The molecule has 0 bridgehead atoms. The van der Waals surface area contributed by atoms with Crippen LogP contribution in [0.25, 0.3) is 20.3 Å². The van der Waals surface area contributed by atoms with E-state index in [-0.39, 0.29) is 17.4 Å². The topological polar surface area (TPSA) is 64.3 Å². The summed E-state index contributed by atoms with van der Waals surface area (Å²) in [4.78, 5) is 19.5. The lowest BCUT2D eigenvalue weighted by atomic mass is 10.0. The SMILES string of the molecule is CCCCc1cc(O)c2sc3nc(CCc4ccccc4)n(CC4CCCO4)c(=O)c3c2c1. The molecule has 5 nitrogen and oxygen atoms in total. The van der Waals surface area contributed by atoms with Crippen molar-refractivity contribution in [2.75, 3.05) is 6.61 Å². The van der Waals surface area contributed by atoms with E-state index in [1.165, 1.54) is 16.9 Å². The zero-order chi connectivity index (χ0) is 22.8. The summed E-state index contributed by atoms with van der Waals surface area (Å²) in [6.07, 6.45) is 6.59. The molecule has 1 atom stereocenters. The van der Waals surface area contributed by atoms with Gasteiger partial charge in [-0.2, -0.15) is 0 Å². The molecule has 0 aliphatic carbocycles. The summed E-state index contributed by atoms with van der Waals surface area (Å²) >= 11 is 1.42. The monoisotopic (exact) mass is 462 g/mol. The normalized spacial score (nSPS) is 16.2. The predicted molar refractivity (Wildman–Crippen MR) is 134 cm³/mol. The first-order valence-corrected chi connectivity index (χ1v) is 12.8. The third kappa shape index (κ3) is 4.55. The third-order valence-corrected chi connectivity index (χ3v) is 7.64. The summed E-state index contributed by atoms with van der Waals surface area (Å²) in [5, 5.41) is 12.2. The van der Waals surface area contributed by atoms with Gasteiger partial charge in [-0.05, 0) is 55.4 Å². The minimum atomic E-state index is -0.0168. The fraction of sp³-hybridized carbons (Fsp3) is 0.407. The number of rotatable bonds is 8. The van der Waals surface area contributed by atoms with Crippen molar-refractivity contribution in [3.8, 4) is 5.75 Å². The van der Waals surface area contributed by atoms with E-state index in [0.29, 0.717) is 23.2 Å². The van der Waals surface area contributed by atoms with Crippen LogP contribution in [-0.4, -0.2) is 27.4 Å². The van der Waals surface area contributed by atoms with Crippen molar-refractivity contribution in [1.82, 2.24) is 9.55 Å². The van der Waals surface area contributed by atoms with Gasteiger partial charge in [0, 0.05) is 18.4 Å². The van der Waals surface area contributed by atoms with E-state index in [9.17, 15) is 9.90 Å². The van der Waals surface area contributed by atoms with Gasteiger partial charge in [-0.25, -0.2) is 4.98 Å². The second-order valence-electron chi connectivity index (χ2n) is 8.94. The molecule has 3 heterocycles. The first-order valence-electron chi connectivity index (χ1n) is 12.0. The van der Waals surface area contributed by atoms with E-state index in [0.717, 1.165) is 66.6 Å². The Labute approximate surface area is 197 Å². The lowest BCUT2D eigenvalue weighted by Crippen LogP contribution is -2.30. The molecule has 4 aromatic rings. The minimum Gasteiger partial charge on any atom is -0.506 e. The number of aromatic nitrogens is 2. The van der Waals surface area contributed by atoms with Crippen molar-refractivity contribution in [2.45, 2.75) is 64.5 Å². The number of benzene rings is 2. The molecule has 0 spiro atoms. The second-order valence-corrected chi connectivity index (χ2v) is 9.94. The number of aromatic hydroxyl groups is 1. The number of aryl methyl sites for hydroxylation is 3. The van der Waals surface area contributed by atoms with E-state index in [4.69, 9.17) is 9.72 Å². The molecule has 0 saturated carbocycles. The van der Waals surface area contributed by atoms with Gasteiger partial charge in [0.1, 0.15) is 16.4 Å². The largest absolute Gasteiger partial charge is 0.506 e. The first kappa shape index (κ1) is 22.1. The van der Waals surface area contributed by atoms with Crippen molar-refractivity contribution in [3.63, 3.8) is 0 Å². The molecule has 2 aromatic heterocycles. The van der Waals surface area contributed by atoms with E-state index in [1.807, 2.05) is 28.8 Å². The predicted octanol–water partition coefficient (Wildman–Crippen LogP) is 5.62. The van der Waals surface area contributed by atoms with Crippen molar-refractivity contribution in [2.24, 2.45) is 0 Å². The van der Waals surface area contributed by atoms with Crippen LogP contribution in [0.4, 0.5) is 0 Å². The van der Waals surface area contributed by atoms with Gasteiger partial charge in [-0.15, -0.1) is 11.3 Å². The molecule has 33 heavy (non-hydrogen) atoms. The highest BCUT2D eigenvalue weighted by Gasteiger charge is 2.22. The number of phenols is 1. The molecule has 0 radical (unpaired) electrons. The quantitative estimate of drug-likeness (QED) is 0.369. The maximum atomic E-state index is 13.9. The van der Waals surface area contributed by atoms with Crippen LogP contribution in [-0.2, 0) is 30.5 Å². The molecule has 0 amide bonds.